The number of benzene rings is 1. The summed E-state index contributed by atoms with van der Waals surface area (Å²) in [6, 6.07) is 6.87. The van der Waals surface area contributed by atoms with Crippen LogP contribution in [0.3, 0.4) is 0 Å². The molecule has 1 saturated heterocycles. The second kappa shape index (κ2) is 12.2. The first-order valence-corrected chi connectivity index (χ1v) is 9.11. The topological polar surface area (TPSA) is 127 Å². The second-order valence-corrected chi connectivity index (χ2v) is 6.78. The van der Waals surface area contributed by atoms with E-state index in [9.17, 15) is 14.4 Å². The molecule has 150 valence electrons. The molecule has 0 unspecified atom stereocenters. The molecule has 0 saturated carbocycles. The van der Waals surface area contributed by atoms with Crippen LogP contribution in [0.1, 0.15) is 25.8 Å². The van der Waals surface area contributed by atoms with Crippen LogP contribution < -0.4 is 16.0 Å². The van der Waals surface area contributed by atoms with Gasteiger partial charge in [-0.3, -0.25) is 19.7 Å². The standard InChI is InChI=1S/C19H27N3O5.Na.H/c1-12(2)27-10-6-9-20-17(23)14(11-13-7-4-3-5-8-13)21-18(24)15-16(22-15)19(25)26;;/h3-5,7-8,12,14-16,22H,6,9-11H2,1-2H3,(H,20,23)(H,21,24)(H,25,26);;/t14-,15-,16-;;/m0../s1. The molecule has 2 rings (SSSR count). The van der Waals surface area contributed by atoms with Crippen LogP contribution in [0.2, 0.25) is 0 Å². The number of carbonyl (C=O) groups excluding carboxylic acids is 2. The Hall–Kier alpha value is -1.45. The quantitative estimate of drug-likeness (QED) is 0.223. The number of carboxylic acid groups (broad SMARTS) is 1. The molecule has 1 aromatic rings. The van der Waals surface area contributed by atoms with Crippen LogP contribution in [-0.4, -0.2) is 89.8 Å². The summed E-state index contributed by atoms with van der Waals surface area (Å²) >= 11 is 0. The second-order valence-electron chi connectivity index (χ2n) is 6.78. The third-order valence-corrected chi connectivity index (χ3v) is 4.12. The van der Waals surface area contributed by atoms with E-state index in [1.807, 2.05) is 44.2 Å². The summed E-state index contributed by atoms with van der Waals surface area (Å²) in [5.41, 5.74) is 0.902. The van der Waals surface area contributed by atoms with Gasteiger partial charge in [0.05, 0.1) is 6.10 Å². The molecule has 1 aromatic carbocycles. The van der Waals surface area contributed by atoms with E-state index in [4.69, 9.17) is 9.84 Å². The molecule has 0 spiro atoms. The molecule has 0 aliphatic carbocycles. The van der Waals surface area contributed by atoms with Gasteiger partial charge in [0.2, 0.25) is 11.8 Å². The molecule has 2 amide bonds. The van der Waals surface area contributed by atoms with E-state index in [1.54, 1.807) is 0 Å². The van der Waals surface area contributed by atoms with E-state index >= 15 is 0 Å². The maximum atomic E-state index is 12.5. The third-order valence-electron chi connectivity index (χ3n) is 4.12. The van der Waals surface area contributed by atoms with Gasteiger partial charge in [-0.1, -0.05) is 30.3 Å². The Morgan fingerprint density at radius 1 is 1.18 bits per heavy atom. The number of aliphatic carboxylic acids is 1. The van der Waals surface area contributed by atoms with E-state index in [0.29, 0.717) is 26.0 Å². The molecule has 4 N–H and O–H groups in total. The Kier molecular flexibility index (Phi) is 10.7. The monoisotopic (exact) mass is 401 g/mol. The van der Waals surface area contributed by atoms with Crippen LogP contribution in [0, 0.1) is 0 Å². The van der Waals surface area contributed by atoms with Gasteiger partial charge >= 0.3 is 35.5 Å². The fraction of sp³-hybridized carbons (Fsp3) is 0.526. The average molecular weight is 401 g/mol. The van der Waals surface area contributed by atoms with Gasteiger partial charge in [-0.25, -0.2) is 0 Å². The van der Waals surface area contributed by atoms with Crippen molar-refractivity contribution in [3.05, 3.63) is 35.9 Å². The van der Waals surface area contributed by atoms with Crippen LogP contribution in [0.25, 0.3) is 0 Å². The first-order valence-electron chi connectivity index (χ1n) is 9.11. The van der Waals surface area contributed by atoms with Gasteiger partial charge in [-0.15, -0.1) is 0 Å². The molecular weight excluding hydrogens is 373 g/mol. The summed E-state index contributed by atoms with van der Waals surface area (Å²) in [5, 5.41) is 17.0. The Morgan fingerprint density at radius 3 is 2.43 bits per heavy atom. The summed E-state index contributed by atoms with van der Waals surface area (Å²) in [7, 11) is 0. The van der Waals surface area contributed by atoms with Crippen molar-refractivity contribution in [2.45, 2.75) is 50.9 Å². The molecule has 1 fully saturated rings. The maximum absolute atomic E-state index is 12.5. The van der Waals surface area contributed by atoms with E-state index < -0.39 is 30.0 Å². The molecule has 1 aliphatic heterocycles. The zero-order chi connectivity index (χ0) is 19.8. The number of carbonyl (C=O) groups is 3. The minimum absolute atomic E-state index is 0. The van der Waals surface area contributed by atoms with Gasteiger partial charge in [0.1, 0.15) is 18.1 Å². The Bertz CT molecular complexity index is 656. The van der Waals surface area contributed by atoms with Crippen LogP contribution in [-0.2, 0) is 25.5 Å². The summed E-state index contributed by atoms with van der Waals surface area (Å²) in [6.07, 6.45) is 1.13. The summed E-state index contributed by atoms with van der Waals surface area (Å²) in [5.74, 6) is -1.87. The molecule has 0 aromatic heterocycles. The molecule has 9 heteroatoms. The van der Waals surface area contributed by atoms with Crippen molar-refractivity contribution in [3.63, 3.8) is 0 Å². The molecule has 0 radical (unpaired) electrons. The van der Waals surface area contributed by atoms with Crippen LogP contribution in [0.5, 0.6) is 0 Å². The number of amides is 2. The number of rotatable bonds is 11. The number of ether oxygens (including phenoxy) is 1. The van der Waals surface area contributed by atoms with Crippen molar-refractivity contribution in [2.24, 2.45) is 0 Å². The predicted octanol–water partition coefficient (Wildman–Crippen LogP) is -0.578. The number of nitrogens with one attached hydrogen (secondary N) is 3. The first kappa shape index (κ1) is 24.6. The minimum atomic E-state index is -1.08. The number of hydrogen-bond acceptors (Lipinski definition) is 5. The van der Waals surface area contributed by atoms with Gasteiger partial charge < -0.3 is 20.5 Å². The van der Waals surface area contributed by atoms with E-state index in [2.05, 4.69) is 16.0 Å². The Morgan fingerprint density at radius 2 is 1.86 bits per heavy atom. The van der Waals surface area contributed by atoms with Crippen molar-refractivity contribution in [2.75, 3.05) is 13.2 Å². The van der Waals surface area contributed by atoms with Gasteiger partial charge in [0.15, 0.2) is 0 Å². The van der Waals surface area contributed by atoms with Crippen molar-refractivity contribution in [1.29, 1.82) is 0 Å². The third kappa shape index (κ3) is 8.28. The normalized spacial score (nSPS) is 18.7. The van der Waals surface area contributed by atoms with Gasteiger partial charge in [-0.2, -0.15) is 0 Å². The Balaban J connectivity index is 0.00000392. The molecular formula is C19H28N3NaO5. The van der Waals surface area contributed by atoms with E-state index in [1.165, 1.54) is 0 Å². The van der Waals surface area contributed by atoms with Crippen molar-refractivity contribution >= 4 is 47.3 Å². The van der Waals surface area contributed by atoms with Crippen LogP contribution in [0.15, 0.2) is 30.3 Å². The van der Waals surface area contributed by atoms with Gasteiger partial charge in [0.25, 0.3) is 0 Å². The fourth-order valence-corrected chi connectivity index (χ4v) is 2.63. The molecule has 28 heavy (non-hydrogen) atoms. The first-order chi connectivity index (χ1) is 12.9. The summed E-state index contributed by atoms with van der Waals surface area (Å²) in [6.45, 7) is 4.87. The summed E-state index contributed by atoms with van der Waals surface area (Å²) in [4.78, 5) is 35.7. The number of carboxylic acids is 1. The average Bonchev–Trinajstić information content (AvgIpc) is 3.42. The fourth-order valence-electron chi connectivity index (χ4n) is 2.63. The van der Waals surface area contributed by atoms with Crippen molar-refractivity contribution in [3.8, 4) is 0 Å². The molecule has 0 bridgehead atoms. The zero-order valence-electron chi connectivity index (χ0n) is 15.6. The molecule has 1 aliphatic rings. The van der Waals surface area contributed by atoms with Crippen molar-refractivity contribution < 1.29 is 24.2 Å². The molecule has 3 atom stereocenters. The van der Waals surface area contributed by atoms with Crippen LogP contribution >= 0.6 is 0 Å². The summed E-state index contributed by atoms with van der Waals surface area (Å²) < 4.78 is 5.43. The van der Waals surface area contributed by atoms with E-state index in [-0.39, 0.29) is 41.6 Å². The predicted molar refractivity (Wildman–Crippen MR) is 106 cm³/mol. The number of hydrogen-bond donors (Lipinski definition) is 4. The Labute approximate surface area is 187 Å². The molecule has 1 heterocycles. The SMILES string of the molecule is CC(C)OCCCNC(=O)[C@H](Cc1ccccc1)NC(=O)[C@H]1N[C@@H]1C(=O)O.[NaH]. The van der Waals surface area contributed by atoms with Gasteiger partial charge in [0, 0.05) is 19.6 Å². The van der Waals surface area contributed by atoms with E-state index in [0.717, 1.165) is 5.56 Å². The van der Waals surface area contributed by atoms with Gasteiger partial charge in [-0.05, 0) is 25.8 Å². The van der Waals surface area contributed by atoms with Crippen LogP contribution in [0.4, 0.5) is 0 Å². The van der Waals surface area contributed by atoms with Crippen molar-refractivity contribution in [1.82, 2.24) is 16.0 Å². The zero-order valence-corrected chi connectivity index (χ0v) is 15.6. The molecule has 8 nitrogen and oxygen atoms in total.